The summed E-state index contributed by atoms with van der Waals surface area (Å²) in [5.41, 5.74) is 0. The first-order valence-electron chi connectivity index (χ1n) is 7.14. The monoisotopic (exact) mass is 370 g/mol. The second-order valence-corrected chi connectivity index (χ2v) is 7.47. The number of nitrogens with one attached hydrogen (secondary N) is 1. The largest absolute Gasteiger partial charge is 0.317 e. The summed E-state index contributed by atoms with van der Waals surface area (Å²) >= 11 is 5.83. The summed E-state index contributed by atoms with van der Waals surface area (Å²) in [6.45, 7) is 3.85. The first-order chi connectivity index (χ1) is 9.96. The molecule has 1 heterocycles. The van der Waals surface area contributed by atoms with E-state index in [9.17, 15) is 12.8 Å². The van der Waals surface area contributed by atoms with Gasteiger partial charge >= 0.3 is 0 Å². The van der Waals surface area contributed by atoms with E-state index >= 15 is 0 Å². The molecule has 22 heavy (non-hydrogen) atoms. The van der Waals surface area contributed by atoms with Crippen molar-refractivity contribution in [3.8, 4) is 0 Å². The van der Waals surface area contributed by atoms with Crippen LogP contribution in [0.4, 0.5) is 4.39 Å². The Balaban J connectivity index is 0.00000242. The smallest absolute Gasteiger partial charge is 0.246 e. The van der Waals surface area contributed by atoms with Gasteiger partial charge in [-0.3, -0.25) is 0 Å². The number of nitrogens with zero attached hydrogens (tertiary/aromatic N) is 1. The standard InChI is InChI=1S/C14H20ClFN2O2S.ClH/c1-2-9-18(12-5-7-17-8-6-12)21(19,20)14-10-11(15)3-4-13(14)16;/h3-4,10,12,17H,2,5-9H2,1H3;1H. The molecule has 0 amide bonds. The number of sulfonamides is 1. The normalized spacial score (nSPS) is 16.5. The molecular formula is C14H21Cl2FN2O2S. The molecule has 126 valence electrons. The second kappa shape index (κ2) is 8.45. The molecule has 0 aliphatic carbocycles. The van der Waals surface area contributed by atoms with Gasteiger partial charge in [0.1, 0.15) is 10.7 Å². The summed E-state index contributed by atoms with van der Waals surface area (Å²) in [6, 6.07) is 3.55. The highest BCUT2D eigenvalue weighted by atomic mass is 35.5. The molecule has 0 atom stereocenters. The predicted molar refractivity (Wildman–Crippen MR) is 88.7 cm³/mol. The molecule has 8 heteroatoms. The molecule has 1 fully saturated rings. The summed E-state index contributed by atoms with van der Waals surface area (Å²) < 4.78 is 41.0. The zero-order valence-electron chi connectivity index (χ0n) is 12.4. The average molecular weight is 371 g/mol. The van der Waals surface area contributed by atoms with E-state index in [2.05, 4.69) is 5.32 Å². The summed E-state index contributed by atoms with van der Waals surface area (Å²) in [4.78, 5) is -0.331. The third-order valence-electron chi connectivity index (χ3n) is 3.64. The zero-order valence-corrected chi connectivity index (χ0v) is 14.8. The number of hydrogen-bond acceptors (Lipinski definition) is 3. The highest BCUT2D eigenvalue weighted by Gasteiger charge is 2.33. The number of hydrogen-bond donors (Lipinski definition) is 1. The van der Waals surface area contributed by atoms with Crippen molar-refractivity contribution < 1.29 is 12.8 Å². The first-order valence-corrected chi connectivity index (χ1v) is 8.96. The molecule has 0 bridgehead atoms. The van der Waals surface area contributed by atoms with Gasteiger partial charge in [0.05, 0.1) is 0 Å². The molecule has 1 aromatic carbocycles. The lowest BCUT2D eigenvalue weighted by Gasteiger charge is -2.33. The Morgan fingerprint density at radius 3 is 2.59 bits per heavy atom. The van der Waals surface area contributed by atoms with Crippen molar-refractivity contribution in [1.29, 1.82) is 0 Å². The van der Waals surface area contributed by atoms with E-state index < -0.39 is 15.8 Å². The van der Waals surface area contributed by atoms with Gasteiger partial charge in [0.15, 0.2) is 0 Å². The van der Waals surface area contributed by atoms with Gasteiger partial charge in [-0.25, -0.2) is 12.8 Å². The Labute approximate surface area is 142 Å². The predicted octanol–water partition coefficient (Wildman–Crippen LogP) is 3.05. The molecule has 1 aromatic rings. The first kappa shape index (κ1) is 19.6. The van der Waals surface area contributed by atoms with E-state index in [0.29, 0.717) is 13.0 Å². The van der Waals surface area contributed by atoms with Crippen LogP contribution in [0.5, 0.6) is 0 Å². The van der Waals surface area contributed by atoms with Crippen LogP contribution in [0.3, 0.4) is 0 Å². The summed E-state index contributed by atoms with van der Waals surface area (Å²) in [5, 5.41) is 3.43. The Bertz CT molecular complexity index is 593. The maximum atomic E-state index is 14.0. The lowest BCUT2D eigenvalue weighted by atomic mass is 10.1. The molecule has 1 saturated heterocycles. The molecule has 4 nitrogen and oxygen atoms in total. The molecule has 1 N–H and O–H groups in total. The van der Waals surface area contributed by atoms with Gasteiger partial charge in [-0.2, -0.15) is 4.31 Å². The summed E-state index contributed by atoms with van der Waals surface area (Å²) in [7, 11) is -3.87. The topological polar surface area (TPSA) is 49.4 Å². The Kier molecular flexibility index (Phi) is 7.55. The zero-order chi connectivity index (χ0) is 15.5. The fourth-order valence-electron chi connectivity index (χ4n) is 2.62. The minimum atomic E-state index is -3.87. The van der Waals surface area contributed by atoms with Crippen molar-refractivity contribution in [2.45, 2.75) is 37.1 Å². The van der Waals surface area contributed by atoms with Crippen molar-refractivity contribution in [3.05, 3.63) is 29.0 Å². The van der Waals surface area contributed by atoms with Crippen LogP contribution in [-0.2, 0) is 10.0 Å². The Morgan fingerprint density at radius 2 is 2.00 bits per heavy atom. The quantitative estimate of drug-likeness (QED) is 0.866. The van der Waals surface area contributed by atoms with Crippen LogP contribution in [0.25, 0.3) is 0 Å². The molecule has 1 aliphatic heterocycles. The van der Waals surface area contributed by atoms with Crippen molar-refractivity contribution in [2.24, 2.45) is 0 Å². The highest BCUT2D eigenvalue weighted by molar-refractivity contribution is 7.89. The fourth-order valence-corrected chi connectivity index (χ4v) is 4.72. The second-order valence-electron chi connectivity index (χ2n) is 5.17. The van der Waals surface area contributed by atoms with Crippen LogP contribution < -0.4 is 5.32 Å². The van der Waals surface area contributed by atoms with Crippen molar-refractivity contribution in [1.82, 2.24) is 9.62 Å². The third kappa shape index (κ3) is 4.32. The molecule has 0 radical (unpaired) electrons. The number of halogens is 3. The number of benzene rings is 1. The van der Waals surface area contributed by atoms with Crippen LogP contribution in [0, 0.1) is 5.82 Å². The lowest BCUT2D eigenvalue weighted by molar-refractivity contribution is 0.261. The number of piperidine rings is 1. The van der Waals surface area contributed by atoms with Gasteiger partial charge in [0.25, 0.3) is 0 Å². The van der Waals surface area contributed by atoms with E-state index in [1.165, 1.54) is 16.4 Å². The molecule has 0 unspecified atom stereocenters. The molecule has 0 aromatic heterocycles. The van der Waals surface area contributed by atoms with E-state index in [1.54, 1.807) is 0 Å². The van der Waals surface area contributed by atoms with Crippen molar-refractivity contribution >= 4 is 34.0 Å². The third-order valence-corrected chi connectivity index (χ3v) is 5.84. The fraction of sp³-hybridized carbons (Fsp3) is 0.571. The maximum absolute atomic E-state index is 14.0. The molecular weight excluding hydrogens is 350 g/mol. The van der Waals surface area contributed by atoms with Crippen LogP contribution in [0.1, 0.15) is 26.2 Å². The Hall–Kier alpha value is -0.400. The van der Waals surface area contributed by atoms with Gasteiger partial charge in [0, 0.05) is 17.6 Å². The highest BCUT2D eigenvalue weighted by Crippen LogP contribution is 2.27. The van der Waals surface area contributed by atoms with E-state index in [1.807, 2.05) is 6.92 Å². The van der Waals surface area contributed by atoms with Crippen LogP contribution >= 0.6 is 24.0 Å². The minimum Gasteiger partial charge on any atom is -0.317 e. The van der Waals surface area contributed by atoms with Gasteiger partial charge in [-0.15, -0.1) is 12.4 Å². The molecule has 1 aliphatic rings. The minimum absolute atomic E-state index is 0. The van der Waals surface area contributed by atoms with Crippen LogP contribution in [0.15, 0.2) is 23.1 Å². The SMILES string of the molecule is CCCN(C1CCNCC1)S(=O)(=O)c1cc(Cl)ccc1F.Cl. The van der Waals surface area contributed by atoms with Crippen molar-refractivity contribution in [3.63, 3.8) is 0 Å². The van der Waals surface area contributed by atoms with Gasteiger partial charge < -0.3 is 5.32 Å². The average Bonchev–Trinajstić information content (AvgIpc) is 2.48. The van der Waals surface area contributed by atoms with E-state index in [-0.39, 0.29) is 28.4 Å². The maximum Gasteiger partial charge on any atom is 0.246 e. The van der Waals surface area contributed by atoms with E-state index in [4.69, 9.17) is 11.6 Å². The van der Waals surface area contributed by atoms with E-state index in [0.717, 1.165) is 32.0 Å². The lowest BCUT2D eigenvalue weighted by Crippen LogP contribution is -2.46. The van der Waals surface area contributed by atoms with Gasteiger partial charge in [-0.1, -0.05) is 18.5 Å². The van der Waals surface area contributed by atoms with Crippen molar-refractivity contribution in [2.75, 3.05) is 19.6 Å². The van der Waals surface area contributed by atoms with Gasteiger partial charge in [-0.05, 0) is 50.6 Å². The molecule has 0 spiro atoms. The van der Waals surface area contributed by atoms with Crippen LogP contribution in [-0.4, -0.2) is 38.4 Å². The summed E-state index contributed by atoms with van der Waals surface area (Å²) in [5.74, 6) is -0.755. The Morgan fingerprint density at radius 1 is 1.36 bits per heavy atom. The molecule has 2 rings (SSSR count). The van der Waals surface area contributed by atoms with Crippen LogP contribution in [0.2, 0.25) is 5.02 Å². The number of rotatable bonds is 5. The molecule has 0 saturated carbocycles. The van der Waals surface area contributed by atoms with Gasteiger partial charge in [0.2, 0.25) is 10.0 Å². The summed E-state index contributed by atoms with van der Waals surface area (Å²) in [6.07, 6.45) is 2.16.